The van der Waals surface area contributed by atoms with Crippen LogP contribution >= 0.6 is 0 Å². The number of hydrogen-bond donors (Lipinski definition) is 1. The van der Waals surface area contributed by atoms with Gasteiger partial charge in [0, 0.05) is 53.3 Å². The quantitative estimate of drug-likeness (QED) is 0.249. The van der Waals surface area contributed by atoms with E-state index < -0.39 is 29.8 Å². The molecule has 2 aromatic carbocycles. The van der Waals surface area contributed by atoms with E-state index >= 15 is 4.39 Å². The first-order valence-corrected chi connectivity index (χ1v) is 15.6. The van der Waals surface area contributed by atoms with Crippen LogP contribution < -0.4 is 5.32 Å². The van der Waals surface area contributed by atoms with E-state index in [1.807, 2.05) is 28.8 Å². The Morgan fingerprint density at radius 2 is 1.87 bits per heavy atom. The summed E-state index contributed by atoms with van der Waals surface area (Å²) in [5.74, 6) is -0.519. The Morgan fingerprint density at radius 1 is 1.00 bits per heavy atom. The molecule has 1 fully saturated rings. The molecule has 47 heavy (non-hydrogen) atoms. The molecule has 0 bridgehead atoms. The molecule has 1 saturated heterocycles. The summed E-state index contributed by atoms with van der Waals surface area (Å²) in [5, 5.41) is 19.6. The number of benzene rings is 2. The molecule has 2 amide bonds. The van der Waals surface area contributed by atoms with Gasteiger partial charge in [0.2, 0.25) is 11.8 Å². The zero-order chi connectivity index (χ0) is 32.7. The number of fused-ring (bicyclic) bond motifs is 2. The molecule has 0 spiro atoms. The lowest BCUT2D eigenvalue weighted by molar-refractivity contribution is -0.137. The molecule has 13 heteroatoms. The van der Waals surface area contributed by atoms with Gasteiger partial charge >= 0.3 is 0 Å². The highest BCUT2D eigenvalue weighted by molar-refractivity contribution is 6.08. The predicted molar refractivity (Wildman–Crippen MR) is 170 cm³/mol. The molecule has 1 N–H and O–H groups in total. The monoisotopic (exact) mass is 638 g/mol. The fourth-order valence-corrected chi connectivity index (χ4v) is 6.58. The number of alkyl halides is 1. The van der Waals surface area contributed by atoms with Gasteiger partial charge in [0.05, 0.1) is 24.5 Å². The number of aryl methyl sites for hydroxylation is 1. The Labute approximate surface area is 268 Å². The molecule has 5 heterocycles. The minimum absolute atomic E-state index is 0.169. The zero-order valence-electron chi connectivity index (χ0n) is 25.7. The Bertz CT molecular complexity index is 2010. The van der Waals surface area contributed by atoms with Crippen molar-refractivity contribution in [2.45, 2.75) is 64.3 Å². The van der Waals surface area contributed by atoms with Crippen molar-refractivity contribution in [3.8, 4) is 22.5 Å². The lowest BCUT2D eigenvalue weighted by atomic mass is 10.0. The molecule has 2 aliphatic rings. The molecular weight excluding hydrogens is 606 g/mol. The molecule has 1 unspecified atom stereocenters. The van der Waals surface area contributed by atoms with Crippen molar-refractivity contribution in [2.24, 2.45) is 0 Å². The maximum absolute atomic E-state index is 15.0. The van der Waals surface area contributed by atoms with Crippen molar-refractivity contribution in [1.82, 2.24) is 34.4 Å². The summed E-state index contributed by atoms with van der Waals surface area (Å²) >= 11 is 0. The molecule has 7 rings (SSSR count). The summed E-state index contributed by atoms with van der Waals surface area (Å²) in [7, 11) is 0. The Hall–Kier alpha value is -5.33. The van der Waals surface area contributed by atoms with Crippen molar-refractivity contribution in [3.63, 3.8) is 0 Å². The number of ketones is 1. The highest BCUT2D eigenvalue weighted by Crippen LogP contribution is 2.31. The van der Waals surface area contributed by atoms with Crippen LogP contribution in [0, 0.1) is 5.82 Å². The minimum atomic E-state index is -1.39. The van der Waals surface area contributed by atoms with E-state index in [1.165, 1.54) is 30.0 Å². The molecule has 11 nitrogen and oxygen atoms in total. The fraction of sp³-hybridized carbons (Fsp3) is 0.324. The number of rotatable bonds is 7. The van der Waals surface area contributed by atoms with Crippen LogP contribution in [0.15, 0.2) is 61.1 Å². The van der Waals surface area contributed by atoms with Crippen LogP contribution in [-0.4, -0.2) is 70.8 Å². The van der Waals surface area contributed by atoms with Crippen LogP contribution in [0.2, 0.25) is 0 Å². The maximum atomic E-state index is 15.0. The van der Waals surface area contributed by atoms with Gasteiger partial charge < -0.3 is 19.4 Å². The van der Waals surface area contributed by atoms with Gasteiger partial charge in [-0.1, -0.05) is 12.5 Å². The summed E-state index contributed by atoms with van der Waals surface area (Å²) in [6, 6.07) is 10.4. The average Bonchev–Trinajstić information content (AvgIpc) is 3.72. The van der Waals surface area contributed by atoms with Crippen LogP contribution in [0.4, 0.5) is 14.5 Å². The fourth-order valence-electron chi connectivity index (χ4n) is 6.58. The summed E-state index contributed by atoms with van der Waals surface area (Å²) in [6.45, 7) is 1.69. The van der Waals surface area contributed by atoms with Gasteiger partial charge in [-0.2, -0.15) is 10.2 Å². The second-order valence-corrected chi connectivity index (χ2v) is 12.1. The number of amides is 2. The molecule has 0 aliphatic carbocycles. The van der Waals surface area contributed by atoms with Gasteiger partial charge in [-0.25, -0.2) is 8.78 Å². The minimum Gasteiger partial charge on any atom is -0.337 e. The number of anilines is 1. The molecule has 0 saturated carbocycles. The summed E-state index contributed by atoms with van der Waals surface area (Å²) in [6.07, 6.45) is 7.00. The van der Waals surface area contributed by atoms with Gasteiger partial charge in [0.1, 0.15) is 30.4 Å². The van der Waals surface area contributed by atoms with Gasteiger partial charge in [-0.3, -0.25) is 14.4 Å². The van der Waals surface area contributed by atoms with E-state index in [1.54, 1.807) is 23.2 Å². The van der Waals surface area contributed by atoms with Crippen LogP contribution in [0.25, 0.3) is 33.4 Å². The normalized spacial score (nSPS) is 17.8. The molecule has 2 aliphatic heterocycles. The Kier molecular flexibility index (Phi) is 8.04. The lowest BCUT2D eigenvalue weighted by Gasteiger charge is -2.24. The van der Waals surface area contributed by atoms with Crippen LogP contribution in [0.3, 0.4) is 0 Å². The molecule has 2 atom stereocenters. The van der Waals surface area contributed by atoms with Crippen molar-refractivity contribution < 1.29 is 23.2 Å². The molecule has 3 aromatic heterocycles. The van der Waals surface area contributed by atoms with E-state index in [4.69, 9.17) is 0 Å². The van der Waals surface area contributed by atoms with Crippen molar-refractivity contribution in [3.05, 3.63) is 78.3 Å². The Morgan fingerprint density at radius 3 is 2.68 bits per heavy atom. The standard InChI is InChI=1S/C34H32F2N8O3/c1-20(45)27-18-42(29-9-6-21(13-25(27)29)22-10-11-37-38-16-22)19-32(46)44-17-23(35)14-30(44)34(47)39-24-7-8-28(36)26(15-24)33-41-40-31-5-3-2-4-12-43(31)33/h6-11,13,15-16,18,23,30H,2-5,12,14,17,19H2,1H3,(H,39,47)/t23-,30?/m1/s1. The third-order valence-electron chi connectivity index (χ3n) is 8.94. The third-order valence-corrected chi connectivity index (χ3v) is 8.94. The van der Waals surface area contributed by atoms with E-state index in [0.29, 0.717) is 34.5 Å². The number of Topliss-reactive ketones (excluding diaryl/α,β-unsaturated/α-hetero) is 1. The first-order valence-electron chi connectivity index (χ1n) is 15.6. The molecule has 0 radical (unpaired) electrons. The van der Waals surface area contributed by atoms with Crippen molar-refractivity contribution >= 4 is 34.2 Å². The van der Waals surface area contributed by atoms with Gasteiger partial charge in [-0.15, -0.1) is 10.2 Å². The zero-order valence-corrected chi connectivity index (χ0v) is 25.7. The maximum Gasteiger partial charge on any atom is 0.247 e. The van der Waals surface area contributed by atoms with Crippen LogP contribution in [-0.2, 0) is 29.1 Å². The largest absolute Gasteiger partial charge is 0.337 e. The van der Waals surface area contributed by atoms with Crippen molar-refractivity contribution in [2.75, 3.05) is 11.9 Å². The number of likely N-dealkylation sites (tertiary alicyclic amines) is 1. The lowest BCUT2D eigenvalue weighted by Crippen LogP contribution is -2.44. The van der Waals surface area contributed by atoms with E-state index in [2.05, 4.69) is 25.7 Å². The first-order chi connectivity index (χ1) is 22.8. The topological polar surface area (TPSA) is 128 Å². The van der Waals surface area contributed by atoms with Crippen molar-refractivity contribution in [1.29, 1.82) is 0 Å². The smallest absolute Gasteiger partial charge is 0.247 e. The highest BCUT2D eigenvalue weighted by Gasteiger charge is 2.40. The summed E-state index contributed by atoms with van der Waals surface area (Å²) in [4.78, 5) is 41.0. The second-order valence-electron chi connectivity index (χ2n) is 12.1. The summed E-state index contributed by atoms with van der Waals surface area (Å²) < 4.78 is 33.4. The van der Waals surface area contributed by atoms with Gasteiger partial charge in [0.25, 0.3) is 0 Å². The van der Waals surface area contributed by atoms with E-state index in [-0.39, 0.29) is 30.9 Å². The number of carbonyl (C=O) groups is 3. The average molecular weight is 639 g/mol. The molecule has 5 aromatic rings. The summed E-state index contributed by atoms with van der Waals surface area (Å²) in [5.41, 5.74) is 3.25. The Balaban J connectivity index is 1.11. The molecule has 240 valence electrons. The highest BCUT2D eigenvalue weighted by atomic mass is 19.1. The second kappa shape index (κ2) is 12.5. The SMILES string of the molecule is CC(=O)c1cn(CC(=O)N2C[C@H](F)CC2C(=O)Nc2ccc(F)c(-c3nnc4n3CCCCC4)c2)c2ccc(-c3ccnnc3)cc12. The number of carbonyl (C=O) groups excluding carboxylic acids is 3. The first kappa shape index (κ1) is 30.3. The van der Waals surface area contributed by atoms with E-state index in [0.717, 1.165) is 42.6 Å². The third kappa shape index (κ3) is 5.88. The predicted octanol–water partition coefficient (Wildman–Crippen LogP) is 5.00. The van der Waals surface area contributed by atoms with Gasteiger partial charge in [0.15, 0.2) is 11.6 Å². The van der Waals surface area contributed by atoms with Gasteiger partial charge in [-0.05, 0) is 61.7 Å². The number of hydrogen-bond acceptors (Lipinski definition) is 7. The number of aromatic nitrogens is 6. The van der Waals surface area contributed by atoms with E-state index in [9.17, 15) is 18.8 Å². The number of halogens is 2. The molecular formula is C34H32F2N8O3. The van der Waals surface area contributed by atoms with Crippen LogP contribution in [0.5, 0.6) is 0 Å². The number of nitrogens with one attached hydrogen (secondary N) is 1. The number of nitrogens with zero attached hydrogens (tertiary/aromatic N) is 7. The van der Waals surface area contributed by atoms with Crippen LogP contribution in [0.1, 0.15) is 48.8 Å².